The molecule has 0 rings (SSSR count). The number of ether oxygens (including phenoxy) is 2. The smallest absolute Gasteiger partial charge is 0.462 e. The zero-order valence-corrected chi connectivity index (χ0v) is 34.1. The number of hydrogen-bond donors (Lipinski definition) is 3. The first kappa shape index (κ1) is 50.9. The van der Waals surface area contributed by atoms with Gasteiger partial charge in [0.2, 0.25) is 0 Å². The van der Waals surface area contributed by atoms with Crippen molar-refractivity contribution in [3.8, 4) is 0 Å². The molecule has 0 fully saturated rings. The van der Waals surface area contributed by atoms with Crippen molar-refractivity contribution in [2.75, 3.05) is 26.4 Å². The van der Waals surface area contributed by atoms with Crippen LogP contribution in [-0.4, -0.2) is 65.7 Å². The van der Waals surface area contributed by atoms with Crippen molar-refractivity contribution < 1.29 is 47.8 Å². The van der Waals surface area contributed by atoms with E-state index in [4.69, 9.17) is 19.1 Å². The average molecular weight is 771 g/mol. The molecule has 3 N–H and O–H groups in total. The highest BCUT2D eigenvalue weighted by atomic mass is 31.2. The summed E-state index contributed by atoms with van der Waals surface area (Å²) < 4.78 is 32.6. The molecule has 0 aliphatic rings. The van der Waals surface area contributed by atoms with E-state index in [1.807, 2.05) is 6.08 Å². The maximum Gasteiger partial charge on any atom is 0.472 e. The number of unbranched alkanes of at least 4 members (excludes halogenated alkanes) is 16. The molecule has 0 aliphatic heterocycles. The van der Waals surface area contributed by atoms with Gasteiger partial charge >= 0.3 is 19.8 Å². The quantitative estimate of drug-likeness (QED) is 0.0240. The summed E-state index contributed by atoms with van der Waals surface area (Å²) in [5, 5.41) is 18.3. The van der Waals surface area contributed by atoms with Gasteiger partial charge < -0.3 is 24.6 Å². The lowest BCUT2D eigenvalue weighted by molar-refractivity contribution is -0.161. The maximum atomic E-state index is 12.6. The standard InChI is InChI=1S/C42H75O10P/c1-3-5-7-9-11-13-15-17-18-19-20-22-23-25-27-29-31-33-41(45)49-37-40(38-51-53(47,48)50-36-39(44)35-43)52-42(46)34-32-30-28-26-24-21-16-14-12-10-8-6-4-2/h11,13,17-18,20,22,25,27,39-40,43-44H,3-10,12,14-16,19,21,23-24,26,28-38H2,1-2H3,(H,47,48)/b13-11+,18-17+,22-20+,27-25+/t39-,40+/m0/s1. The highest BCUT2D eigenvalue weighted by Crippen LogP contribution is 2.43. The third-order valence-electron chi connectivity index (χ3n) is 8.49. The van der Waals surface area contributed by atoms with Gasteiger partial charge in [-0.15, -0.1) is 0 Å². The molecule has 53 heavy (non-hydrogen) atoms. The number of rotatable bonds is 38. The monoisotopic (exact) mass is 771 g/mol. The van der Waals surface area contributed by atoms with Crippen LogP contribution in [0.4, 0.5) is 0 Å². The van der Waals surface area contributed by atoms with Gasteiger partial charge in [0.1, 0.15) is 12.7 Å². The zero-order chi connectivity index (χ0) is 39.1. The van der Waals surface area contributed by atoms with Crippen LogP contribution in [0.25, 0.3) is 0 Å². The van der Waals surface area contributed by atoms with Crippen LogP contribution in [0.2, 0.25) is 0 Å². The van der Waals surface area contributed by atoms with Crippen molar-refractivity contribution in [2.24, 2.45) is 0 Å². The second kappa shape index (κ2) is 38.2. The van der Waals surface area contributed by atoms with Crippen LogP contribution in [0.3, 0.4) is 0 Å². The van der Waals surface area contributed by atoms with Crippen molar-refractivity contribution in [3.05, 3.63) is 48.6 Å². The minimum atomic E-state index is -4.62. The summed E-state index contributed by atoms with van der Waals surface area (Å²) >= 11 is 0. The molecular formula is C42H75O10P. The molecular weight excluding hydrogens is 695 g/mol. The van der Waals surface area contributed by atoms with Gasteiger partial charge in [0.25, 0.3) is 0 Å². The first-order valence-electron chi connectivity index (χ1n) is 20.6. The molecule has 0 bridgehead atoms. The summed E-state index contributed by atoms with van der Waals surface area (Å²) in [6.07, 6.45) is 39.4. The molecule has 0 aromatic rings. The van der Waals surface area contributed by atoms with Gasteiger partial charge in [0, 0.05) is 12.8 Å². The maximum absolute atomic E-state index is 12.6. The summed E-state index contributed by atoms with van der Waals surface area (Å²) in [5.74, 6) is -0.990. The highest BCUT2D eigenvalue weighted by Gasteiger charge is 2.27. The topological polar surface area (TPSA) is 149 Å². The SMILES string of the molecule is CCCCC/C=C/C/C=C/C/C=C/C/C=C/CCCC(=O)OC[C@H](COP(=O)(O)OC[C@@H](O)CO)OC(=O)CCCCCCCCCCCCCCC. The van der Waals surface area contributed by atoms with Gasteiger partial charge in [-0.2, -0.15) is 0 Å². The minimum Gasteiger partial charge on any atom is -0.462 e. The molecule has 1 unspecified atom stereocenters. The molecule has 0 radical (unpaired) electrons. The number of phosphoric acid groups is 1. The van der Waals surface area contributed by atoms with Gasteiger partial charge in [-0.1, -0.05) is 152 Å². The van der Waals surface area contributed by atoms with Gasteiger partial charge in [0.15, 0.2) is 6.10 Å². The number of allylic oxidation sites excluding steroid dienone is 8. The Kier molecular flexibility index (Phi) is 36.7. The molecule has 0 saturated heterocycles. The van der Waals surface area contributed by atoms with Crippen molar-refractivity contribution in [2.45, 2.75) is 180 Å². The van der Waals surface area contributed by atoms with Crippen LogP contribution in [0, 0.1) is 0 Å². The van der Waals surface area contributed by atoms with E-state index >= 15 is 0 Å². The predicted octanol–water partition coefficient (Wildman–Crippen LogP) is 10.6. The Hall–Kier alpha value is -2.07. The lowest BCUT2D eigenvalue weighted by Gasteiger charge is -2.20. The van der Waals surface area contributed by atoms with Crippen LogP contribution in [0.5, 0.6) is 0 Å². The first-order chi connectivity index (χ1) is 25.7. The Labute approximate surface area is 322 Å². The summed E-state index contributed by atoms with van der Waals surface area (Å²) in [5.41, 5.74) is 0. The molecule has 3 atom stereocenters. The van der Waals surface area contributed by atoms with E-state index in [1.165, 1.54) is 77.0 Å². The van der Waals surface area contributed by atoms with Gasteiger partial charge in [0.05, 0.1) is 19.8 Å². The van der Waals surface area contributed by atoms with Crippen molar-refractivity contribution >= 4 is 19.8 Å². The fourth-order valence-electron chi connectivity index (χ4n) is 5.28. The van der Waals surface area contributed by atoms with E-state index in [0.717, 1.165) is 44.9 Å². The Bertz CT molecular complexity index is 1030. The van der Waals surface area contributed by atoms with Gasteiger partial charge in [-0.05, 0) is 51.4 Å². The van der Waals surface area contributed by atoms with Crippen LogP contribution in [-0.2, 0) is 32.7 Å². The predicted molar refractivity (Wildman–Crippen MR) is 214 cm³/mol. The number of aliphatic hydroxyl groups excluding tert-OH is 2. The summed E-state index contributed by atoms with van der Waals surface area (Å²) in [6, 6.07) is 0. The summed E-state index contributed by atoms with van der Waals surface area (Å²) in [6.45, 7) is 2.28. The van der Waals surface area contributed by atoms with E-state index in [-0.39, 0.29) is 19.4 Å². The second-order valence-corrected chi connectivity index (χ2v) is 15.1. The van der Waals surface area contributed by atoms with E-state index < -0.39 is 51.8 Å². The van der Waals surface area contributed by atoms with E-state index in [9.17, 15) is 24.2 Å². The number of carbonyl (C=O) groups is 2. The van der Waals surface area contributed by atoms with Crippen LogP contribution in [0.15, 0.2) is 48.6 Å². The molecule has 0 amide bonds. The van der Waals surface area contributed by atoms with Crippen molar-refractivity contribution in [1.29, 1.82) is 0 Å². The lowest BCUT2D eigenvalue weighted by atomic mass is 10.0. The van der Waals surface area contributed by atoms with E-state index in [0.29, 0.717) is 19.3 Å². The van der Waals surface area contributed by atoms with Gasteiger partial charge in [-0.3, -0.25) is 18.6 Å². The largest absolute Gasteiger partial charge is 0.472 e. The fraction of sp³-hybridized carbons (Fsp3) is 0.762. The van der Waals surface area contributed by atoms with Crippen molar-refractivity contribution in [3.63, 3.8) is 0 Å². The molecule has 11 heteroatoms. The highest BCUT2D eigenvalue weighted by molar-refractivity contribution is 7.47. The fourth-order valence-corrected chi connectivity index (χ4v) is 6.07. The number of phosphoric ester groups is 1. The Morgan fingerprint density at radius 2 is 1.00 bits per heavy atom. The summed E-state index contributed by atoms with van der Waals surface area (Å²) in [4.78, 5) is 34.9. The average Bonchev–Trinajstić information content (AvgIpc) is 3.14. The molecule has 0 saturated carbocycles. The molecule has 0 aliphatic carbocycles. The third kappa shape index (κ3) is 38.0. The number of aliphatic hydroxyl groups is 2. The number of esters is 2. The molecule has 0 aromatic carbocycles. The van der Waals surface area contributed by atoms with Crippen molar-refractivity contribution in [1.82, 2.24) is 0 Å². The van der Waals surface area contributed by atoms with Crippen LogP contribution >= 0.6 is 7.82 Å². The van der Waals surface area contributed by atoms with Gasteiger partial charge in [-0.25, -0.2) is 4.57 Å². The minimum absolute atomic E-state index is 0.166. The normalized spacial score (nSPS) is 14.4. The molecule has 308 valence electrons. The number of hydrogen-bond acceptors (Lipinski definition) is 9. The zero-order valence-electron chi connectivity index (χ0n) is 33.2. The molecule has 10 nitrogen and oxygen atoms in total. The Morgan fingerprint density at radius 1 is 0.566 bits per heavy atom. The molecule has 0 aromatic heterocycles. The number of carbonyl (C=O) groups excluding carboxylic acids is 2. The Morgan fingerprint density at radius 3 is 1.53 bits per heavy atom. The Balaban J connectivity index is 4.42. The second-order valence-electron chi connectivity index (χ2n) is 13.7. The lowest BCUT2D eigenvalue weighted by Crippen LogP contribution is -2.29. The molecule has 0 heterocycles. The van der Waals surface area contributed by atoms with E-state index in [1.54, 1.807) is 0 Å². The molecule has 0 spiro atoms. The van der Waals surface area contributed by atoms with Crippen LogP contribution in [0.1, 0.15) is 168 Å². The summed E-state index contributed by atoms with van der Waals surface area (Å²) in [7, 11) is -4.62. The van der Waals surface area contributed by atoms with Crippen LogP contribution < -0.4 is 0 Å². The first-order valence-corrected chi connectivity index (χ1v) is 22.1. The van der Waals surface area contributed by atoms with E-state index in [2.05, 4.69) is 60.9 Å². The third-order valence-corrected chi connectivity index (χ3v) is 9.44.